The number of nitrogens with zero attached hydrogens (tertiary/aromatic N) is 1. The lowest BCUT2D eigenvalue weighted by Gasteiger charge is -2.37. The molecule has 1 aliphatic heterocycles. The highest BCUT2D eigenvalue weighted by atomic mass is 79.9. The third-order valence-corrected chi connectivity index (χ3v) is 10.2. The van der Waals surface area contributed by atoms with Gasteiger partial charge in [0.15, 0.2) is 6.04 Å². The van der Waals surface area contributed by atoms with Crippen LogP contribution in [-0.2, 0) is 25.5 Å². The Labute approximate surface area is 282 Å². The van der Waals surface area contributed by atoms with Gasteiger partial charge in [0.05, 0.1) is 11.0 Å². The predicted octanol–water partition coefficient (Wildman–Crippen LogP) is 6.88. The average Bonchev–Trinajstić information content (AvgIpc) is 3.51. The van der Waals surface area contributed by atoms with Crippen molar-refractivity contribution in [3.63, 3.8) is 0 Å². The Morgan fingerprint density at radius 3 is 2.28 bits per heavy atom. The fourth-order valence-corrected chi connectivity index (χ4v) is 7.42. The quantitative estimate of drug-likeness (QED) is 0.248. The summed E-state index contributed by atoms with van der Waals surface area (Å²) in [7, 11) is -4.62. The number of alkyl halides is 2. The van der Waals surface area contributed by atoms with Crippen LogP contribution in [-0.4, -0.2) is 62.2 Å². The van der Waals surface area contributed by atoms with E-state index in [1.165, 1.54) is 24.3 Å². The van der Waals surface area contributed by atoms with Crippen molar-refractivity contribution >= 4 is 48.7 Å². The molecule has 3 aromatic rings. The SMILES string of the molecule is CC(C)(C)OC(=O)N[C@H]1CCCN(C(=O)C(NS(=O)(=O)c2ccc3cc(OC4CCCC4)ccc3c2)C(F)(F)c2ccc(Br)cc2)C1. The van der Waals surface area contributed by atoms with Crippen molar-refractivity contribution in [2.75, 3.05) is 13.1 Å². The van der Waals surface area contributed by atoms with E-state index in [0.29, 0.717) is 28.5 Å². The standard InChI is InChI=1S/C34H40BrF2N3O6S/c1-33(2,3)46-32(42)38-26-7-6-18-40(21-26)31(41)30(34(36,37)24-12-14-25(35)15-13-24)39-47(43,44)29-17-11-22-19-28(16-10-23(22)20-29)45-27-8-4-5-9-27/h10-17,19-20,26-27,30,39H,4-9,18,21H2,1-3H3,(H,38,42)/t26-,30?/m0/s1. The molecule has 254 valence electrons. The number of halogens is 3. The number of ether oxygens (including phenoxy) is 2. The summed E-state index contributed by atoms with van der Waals surface area (Å²) in [5.41, 5.74) is -1.28. The van der Waals surface area contributed by atoms with Crippen molar-refractivity contribution in [1.29, 1.82) is 0 Å². The van der Waals surface area contributed by atoms with Gasteiger partial charge in [0, 0.05) is 29.2 Å². The van der Waals surface area contributed by atoms with Crippen LogP contribution in [0.1, 0.15) is 64.9 Å². The van der Waals surface area contributed by atoms with Crippen LogP contribution in [0.2, 0.25) is 0 Å². The maximum Gasteiger partial charge on any atom is 0.407 e. The van der Waals surface area contributed by atoms with Gasteiger partial charge in [-0.25, -0.2) is 13.2 Å². The van der Waals surface area contributed by atoms with E-state index in [0.717, 1.165) is 48.1 Å². The normalized spacial score (nSPS) is 18.6. The van der Waals surface area contributed by atoms with E-state index in [4.69, 9.17) is 9.47 Å². The van der Waals surface area contributed by atoms with Crippen molar-refractivity contribution in [3.8, 4) is 5.75 Å². The van der Waals surface area contributed by atoms with Crippen molar-refractivity contribution in [3.05, 3.63) is 70.7 Å². The number of amides is 2. The molecule has 13 heteroatoms. The molecule has 9 nitrogen and oxygen atoms in total. The smallest absolute Gasteiger partial charge is 0.407 e. The van der Waals surface area contributed by atoms with Crippen LogP contribution >= 0.6 is 15.9 Å². The number of piperidine rings is 1. The summed E-state index contributed by atoms with van der Waals surface area (Å²) in [5, 5.41) is 3.99. The number of nitrogens with one attached hydrogen (secondary N) is 2. The van der Waals surface area contributed by atoms with E-state index in [2.05, 4.69) is 26.0 Å². The van der Waals surface area contributed by atoms with Gasteiger partial charge in [0.1, 0.15) is 11.4 Å². The molecular weight excluding hydrogens is 696 g/mol. The largest absolute Gasteiger partial charge is 0.490 e. The van der Waals surface area contributed by atoms with E-state index in [9.17, 15) is 18.0 Å². The lowest BCUT2D eigenvalue weighted by Crippen LogP contribution is -2.59. The molecule has 1 aliphatic carbocycles. The highest BCUT2D eigenvalue weighted by molar-refractivity contribution is 9.10. The predicted molar refractivity (Wildman–Crippen MR) is 178 cm³/mol. The van der Waals surface area contributed by atoms with E-state index < -0.39 is 51.2 Å². The topological polar surface area (TPSA) is 114 Å². The van der Waals surface area contributed by atoms with Gasteiger partial charge in [-0.2, -0.15) is 13.5 Å². The molecule has 2 fully saturated rings. The van der Waals surface area contributed by atoms with Gasteiger partial charge in [-0.3, -0.25) is 4.79 Å². The van der Waals surface area contributed by atoms with Gasteiger partial charge < -0.3 is 19.7 Å². The van der Waals surface area contributed by atoms with Crippen molar-refractivity contribution in [1.82, 2.24) is 14.9 Å². The zero-order valence-electron chi connectivity index (χ0n) is 26.6. The Bertz CT molecular complexity index is 1710. The maximum atomic E-state index is 16.3. The second-order valence-electron chi connectivity index (χ2n) is 13.1. The first-order valence-electron chi connectivity index (χ1n) is 15.8. The van der Waals surface area contributed by atoms with Crippen LogP contribution in [0.3, 0.4) is 0 Å². The second kappa shape index (κ2) is 14.1. The van der Waals surface area contributed by atoms with Crippen LogP contribution in [0.4, 0.5) is 13.6 Å². The number of fused-ring (bicyclic) bond motifs is 1. The molecule has 0 bridgehead atoms. The Morgan fingerprint density at radius 1 is 0.936 bits per heavy atom. The van der Waals surface area contributed by atoms with Gasteiger partial charge >= 0.3 is 6.09 Å². The number of carbonyl (C=O) groups excluding carboxylic acids is 2. The second-order valence-corrected chi connectivity index (χ2v) is 15.8. The Hall–Kier alpha value is -3.29. The first-order valence-corrected chi connectivity index (χ1v) is 18.0. The lowest BCUT2D eigenvalue weighted by molar-refractivity contribution is -0.145. The fraction of sp³-hybridized carbons (Fsp3) is 0.471. The van der Waals surface area contributed by atoms with Gasteiger partial charge in [-0.05, 0) is 106 Å². The number of benzene rings is 3. The van der Waals surface area contributed by atoms with Crippen molar-refractivity contribution in [2.45, 2.75) is 93.9 Å². The van der Waals surface area contributed by atoms with E-state index in [1.807, 2.05) is 6.07 Å². The fourth-order valence-electron chi connectivity index (χ4n) is 5.93. The molecule has 1 saturated heterocycles. The number of alkyl carbamates (subject to hydrolysis) is 1. The molecule has 0 aromatic heterocycles. The number of rotatable bonds is 9. The number of likely N-dealkylation sites (tertiary alicyclic amines) is 1. The molecule has 0 spiro atoms. The van der Waals surface area contributed by atoms with Crippen LogP contribution in [0.25, 0.3) is 10.8 Å². The Morgan fingerprint density at radius 2 is 1.60 bits per heavy atom. The average molecular weight is 737 g/mol. The molecule has 1 saturated carbocycles. The summed E-state index contributed by atoms with van der Waals surface area (Å²) in [6.45, 7) is 5.16. The molecule has 1 unspecified atom stereocenters. The van der Waals surface area contributed by atoms with Crippen LogP contribution in [0.15, 0.2) is 70.0 Å². The number of carbonyl (C=O) groups is 2. The molecule has 0 radical (unpaired) electrons. The Balaban J connectivity index is 1.40. The highest BCUT2D eigenvalue weighted by Crippen LogP contribution is 2.35. The highest BCUT2D eigenvalue weighted by Gasteiger charge is 2.50. The number of hydrogen-bond acceptors (Lipinski definition) is 6. The molecule has 47 heavy (non-hydrogen) atoms. The zero-order chi connectivity index (χ0) is 34.0. The van der Waals surface area contributed by atoms with Crippen LogP contribution in [0.5, 0.6) is 5.75 Å². The first kappa shape index (κ1) is 35.0. The monoisotopic (exact) mass is 735 g/mol. The minimum Gasteiger partial charge on any atom is -0.490 e. The summed E-state index contributed by atoms with van der Waals surface area (Å²) in [6, 6.07) is 11.7. The van der Waals surface area contributed by atoms with Crippen LogP contribution < -0.4 is 14.8 Å². The molecular formula is C34H40BrF2N3O6S. The Kier molecular flexibility index (Phi) is 10.5. The molecule has 2 atom stereocenters. The van der Waals surface area contributed by atoms with Crippen LogP contribution in [0, 0.1) is 0 Å². The van der Waals surface area contributed by atoms with Crippen molar-refractivity contribution in [2.24, 2.45) is 0 Å². The molecule has 5 rings (SSSR count). The van der Waals surface area contributed by atoms with Gasteiger partial charge in [0.2, 0.25) is 15.9 Å². The third kappa shape index (κ3) is 8.80. The molecule has 2 amide bonds. The minimum atomic E-state index is -4.62. The van der Waals surface area contributed by atoms with E-state index in [1.54, 1.807) is 39.0 Å². The molecule has 3 aromatic carbocycles. The summed E-state index contributed by atoms with van der Waals surface area (Å²) >= 11 is 3.23. The van der Waals surface area contributed by atoms with E-state index in [-0.39, 0.29) is 24.1 Å². The maximum absolute atomic E-state index is 16.3. The van der Waals surface area contributed by atoms with E-state index >= 15 is 8.78 Å². The molecule has 1 heterocycles. The summed E-state index contributed by atoms with van der Waals surface area (Å²) < 4.78 is 74.0. The minimum absolute atomic E-state index is 0.0893. The first-order chi connectivity index (χ1) is 22.1. The molecule has 2 N–H and O–H groups in total. The third-order valence-electron chi connectivity index (χ3n) is 8.26. The zero-order valence-corrected chi connectivity index (χ0v) is 29.0. The number of sulfonamides is 1. The summed E-state index contributed by atoms with van der Waals surface area (Å²) in [6.07, 6.45) is 4.59. The van der Waals surface area contributed by atoms with Gasteiger partial charge in [-0.1, -0.05) is 40.2 Å². The lowest BCUT2D eigenvalue weighted by atomic mass is 9.98. The molecule has 2 aliphatic rings. The van der Waals surface area contributed by atoms with Gasteiger partial charge in [-0.15, -0.1) is 0 Å². The summed E-state index contributed by atoms with van der Waals surface area (Å²) in [4.78, 5) is 27.2. The van der Waals surface area contributed by atoms with Gasteiger partial charge in [0.25, 0.3) is 5.92 Å². The summed E-state index contributed by atoms with van der Waals surface area (Å²) in [5.74, 6) is -4.36. The number of hydrogen-bond donors (Lipinski definition) is 2. The van der Waals surface area contributed by atoms with Crippen molar-refractivity contribution < 1.29 is 36.3 Å².